The summed E-state index contributed by atoms with van der Waals surface area (Å²) < 4.78 is 1.59. The van der Waals surface area contributed by atoms with Crippen LogP contribution in [-0.2, 0) is 13.0 Å². The van der Waals surface area contributed by atoms with Crippen LogP contribution in [0, 0.1) is 0 Å². The summed E-state index contributed by atoms with van der Waals surface area (Å²) in [6.45, 7) is 0.345. The van der Waals surface area contributed by atoms with E-state index in [4.69, 9.17) is 0 Å². The van der Waals surface area contributed by atoms with Crippen LogP contribution in [0.5, 0.6) is 5.75 Å². The lowest BCUT2D eigenvalue weighted by Crippen LogP contribution is -2.11. The van der Waals surface area contributed by atoms with E-state index in [1.807, 2.05) is 36.4 Å². The molecule has 0 saturated heterocycles. The van der Waals surface area contributed by atoms with E-state index < -0.39 is 5.97 Å². The van der Waals surface area contributed by atoms with Crippen molar-refractivity contribution in [3.63, 3.8) is 0 Å². The van der Waals surface area contributed by atoms with Crippen molar-refractivity contribution in [3.8, 4) is 5.75 Å². The standard InChI is InChI=1S/C18H16N2O3/c21-15-8-4-7-14(9-15)11-20-12-19-16(17(20)18(22)23)10-13-5-2-1-3-6-13/h1-9,12,21H,10-11H2,(H,22,23). The second-order valence-corrected chi connectivity index (χ2v) is 5.31. The molecule has 0 amide bonds. The van der Waals surface area contributed by atoms with Crippen LogP contribution < -0.4 is 0 Å². The molecule has 0 aliphatic heterocycles. The number of carboxylic acids is 1. The lowest BCUT2D eigenvalue weighted by atomic mass is 10.1. The van der Waals surface area contributed by atoms with Crippen LogP contribution in [0.3, 0.4) is 0 Å². The maximum absolute atomic E-state index is 11.6. The molecular weight excluding hydrogens is 292 g/mol. The van der Waals surface area contributed by atoms with Gasteiger partial charge in [0, 0.05) is 13.0 Å². The van der Waals surface area contributed by atoms with Crippen LogP contribution >= 0.6 is 0 Å². The first-order valence-corrected chi connectivity index (χ1v) is 7.22. The second-order valence-electron chi connectivity index (χ2n) is 5.31. The maximum atomic E-state index is 11.6. The minimum atomic E-state index is -1.01. The Bertz CT molecular complexity index is 825. The summed E-state index contributed by atoms with van der Waals surface area (Å²) in [5.74, 6) is -0.849. The smallest absolute Gasteiger partial charge is 0.354 e. The normalized spacial score (nSPS) is 10.6. The van der Waals surface area contributed by atoms with Crippen molar-refractivity contribution >= 4 is 5.97 Å². The number of aromatic nitrogens is 2. The number of rotatable bonds is 5. The zero-order valence-electron chi connectivity index (χ0n) is 12.4. The van der Waals surface area contributed by atoms with E-state index in [1.165, 1.54) is 6.33 Å². The number of hydrogen-bond acceptors (Lipinski definition) is 3. The molecule has 3 rings (SSSR count). The average molecular weight is 308 g/mol. The molecule has 0 aliphatic rings. The first kappa shape index (κ1) is 14.8. The van der Waals surface area contributed by atoms with Gasteiger partial charge in [0.1, 0.15) is 5.75 Å². The van der Waals surface area contributed by atoms with Gasteiger partial charge in [0.25, 0.3) is 0 Å². The molecule has 2 N–H and O–H groups in total. The van der Waals surface area contributed by atoms with E-state index in [2.05, 4.69) is 4.98 Å². The molecular formula is C18H16N2O3. The first-order chi connectivity index (χ1) is 11.1. The van der Waals surface area contributed by atoms with Crippen molar-refractivity contribution in [2.24, 2.45) is 0 Å². The molecule has 0 atom stereocenters. The fourth-order valence-corrected chi connectivity index (χ4v) is 2.56. The highest BCUT2D eigenvalue weighted by Crippen LogP contribution is 2.17. The highest BCUT2D eigenvalue weighted by atomic mass is 16.4. The number of aromatic carboxylic acids is 1. The third kappa shape index (κ3) is 3.40. The lowest BCUT2D eigenvalue weighted by molar-refractivity contribution is 0.0684. The van der Waals surface area contributed by atoms with E-state index in [1.54, 1.807) is 22.8 Å². The summed E-state index contributed by atoms with van der Waals surface area (Å²) in [6, 6.07) is 16.4. The van der Waals surface area contributed by atoms with Gasteiger partial charge in [-0.05, 0) is 23.3 Å². The molecule has 1 heterocycles. The molecule has 0 radical (unpaired) electrons. The monoisotopic (exact) mass is 308 g/mol. The van der Waals surface area contributed by atoms with Gasteiger partial charge in [-0.15, -0.1) is 0 Å². The molecule has 0 fully saturated rings. The molecule has 5 heteroatoms. The van der Waals surface area contributed by atoms with E-state index in [-0.39, 0.29) is 11.4 Å². The van der Waals surface area contributed by atoms with Crippen LogP contribution in [0.15, 0.2) is 60.9 Å². The number of aromatic hydroxyl groups is 1. The van der Waals surface area contributed by atoms with E-state index >= 15 is 0 Å². The number of phenolic OH excluding ortho intramolecular Hbond substituents is 1. The minimum Gasteiger partial charge on any atom is -0.508 e. The second kappa shape index (κ2) is 6.36. The predicted octanol–water partition coefficient (Wildman–Crippen LogP) is 2.93. The fraction of sp³-hybridized carbons (Fsp3) is 0.111. The van der Waals surface area contributed by atoms with Gasteiger partial charge in [0.05, 0.1) is 12.0 Å². The van der Waals surface area contributed by atoms with Crippen LogP contribution in [-0.4, -0.2) is 25.7 Å². The van der Waals surface area contributed by atoms with Crippen LogP contribution in [0.25, 0.3) is 0 Å². The molecule has 23 heavy (non-hydrogen) atoms. The topological polar surface area (TPSA) is 75.3 Å². The van der Waals surface area contributed by atoms with Crippen LogP contribution in [0.4, 0.5) is 0 Å². The first-order valence-electron chi connectivity index (χ1n) is 7.22. The number of carboxylic acid groups (broad SMARTS) is 1. The Hall–Kier alpha value is -3.08. The number of imidazole rings is 1. The average Bonchev–Trinajstić information content (AvgIpc) is 2.91. The number of carbonyl (C=O) groups is 1. The molecule has 0 aliphatic carbocycles. The van der Waals surface area contributed by atoms with E-state index in [0.29, 0.717) is 18.7 Å². The quantitative estimate of drug-likeness (QED) is 0.760. The van der Waals surface area contributed by atoms with Crippen molar-refractivity contribution < 1.29 is 15.0 Å². The van der Waals surface area contributed by atoms with Gasteiger partial charge in [0.15, 0.2) is 5.69 Å². The Labute approximate surface area is 133 Å². The minimum absolute atomic E-state index is 0.156. The molecule has 0 unspecified atom stereocenters. The number of hydrogen-bond donors (Lipinski definition) is 2. The highest BCUT2D eigenvalue weighted by Gasteiger charge is 2.18. The lowest BCUT2D eigenvalue weighted by Gasteiger charge is -2.07. The number of nitrogens with zero attached hydrogens (tertiary/aromatic N) is 2. The van der Waals surface area contributed by atoms with Gasteiger partial charge in [-0.1, -0.05) is 42.5 Å². The molecule has 0 saturated carbocycles. The predicted molar refractivity (Wildman–Crippen MR) is 85.6 cm³/mol. The van der Waals surface area contributed by atoms with Crippen molar-refractivity contribution in [3.05, 3.63) is 83.4 Å². The van der Waals surface area contributed by atoms with Gasteiger partial charge in [0.2, 0.25) is 0 Å². The Morgan fingerprint density at radius 1 is 1.04 bits per heavy atom. The highest BCUT2D eigenvalue weighted by molar-refractivity contribution is 5.87. The largest absolute Gasteiger partial charge is 0.508 e. The third-order valence-corrected chi connectivity index (χ3v) is 3.59. The van der Waals surface area contributed by atoms with Gasteiger partial charge < -0.3 is 14.8 Å². The van der Waals surface area contributed by atoms with Gasteiger partial charge in [-0.3, -0.25) is 0 Å². The Morgan fingerprint density at radius 2 is 1.78 bits per heavy atom. The van der Waals surface area contributed by atoms with Crippen molar-refractivity contribution in [2.75, 3.05) is 0 Å². The Morgan fingerprint density at radius 3 is 2.48 bits per heavy atom. The molecule has 3 aromatic rings. The Balaban J connectivity index is 1.91. The summed E-state index contributed by atoms with van der Waals surface area (Å²) in [5.41, 5.74) is 2.54. The van der Waals surface area contributed by atoms with Gasteiger partial charge in [-0.25, -0.2) is 9.78 Å². The van der Waals surface area contributed by atoms with Crippen molar-refractivity contribution in [2.45, 2.75) is 13.0 Å². The SMILES string of the molecule is O=C(O)c1c(Cc2ccccc2)ncn1Cc1cccc(O)c1. The number of benzene rings is 2. The molecule has 5 nitrogen and oxygen atoms in total. The molecule has 0 bridgehead atoms. The maximum Gasteiger partial charge on any atom is 0.354 e. The number of phenols is 1. The summed E-state index contributed by atoms with van der Waals surface area (Å²) in [7, 11) is 0. The summed E-state index contributed by atoms with van der Waals surface area (Å²) >= 11 is 0. The van der Waals surface area contributed by atoms with Crippen LogP contribution in [0.1, 0.15) is 27.3 Å². The fourth-order valence-electron chi connectivity index (χ4n) is 2.56. The zero-order valence-corrected chi connectivity index (χ0v) is 12.4. The van der Waals surface area contributed by atoms with Gasteiger partial charge >= 0.3 is 5.97 Å². The summed E-state index contributed by atoms with van der Waals surface area (Å²) in [5, 5.41) is 19.1. The Kier molecular flexibility index (Phi) is 4.10. The van der Waals surface area contributed by atoms with Crippen molar-refractivity contribution in [1.82, 2.24) is 9.55 Å². The summed E-state index contributed by atoms with van der Waals surface area (Å²) in [6.07, 6.45) is 2.00. The summed E-state index contributed by atoms with van der Waals surface area (Å²) in [4.78, 5) is 15.9. The van der Waals surface area contributed by atoms with E-state index in [9.17, 15) is 15.0 Å². The van der Waals surface area contributed by atoms with E-state index in [0.717, 1.165) is 11.1 Å². The van der Waals surface area contributed by atoms with Crippen molar-refractivity contribution in [1.29, 1.82) is 0 Å². The molecule has 116 valence electrons. The van der Waals surface area contributed by atoms with Gasteiger partial charge in [-0.2, -0.15) is 0 Å². The molecule has 1 aromatic heterocycles. The molecule has 2 aromatic carbocycles. The zero-order chi connectivity index (χ0) is 16.2. The molecule has 0 spiro atoms. The van der Waals surface area contributed by atoms with Crippen LogP contribution in [0.2, 0.25) is 0 Å². The third-order valence-electron chi connectivity index (χ3n) is 3.59.